The lowest BCUT2D eigenvalue weighted by molar-refractivity contribution is -0.140. The molecule has 2 rings (SSSR count). The number of nitrogens with one attached hydrogen (secondary N) is 2. The molecular formula is C11H15N7O2. The van der Waals surface area contributed by atoms with Crippen LogP contribution in [0.25, 0.3) is 5.95 Å². The van der Waals surface area contributed by atoms with Crippen molar-refractivity contribution < 1.29 is 9.53 Å². The van der Waals surface area contributed by atoms with E-state index in [1.54, 1.807) is 32.4 Å². The molecule has 0 aliphatic carbocycles. The van der Waals surface area contributed by atoms with Gasteiger partial charge in [-0.25, -0.2) is 4.68 Å². The average Bonchev–Trinajstić information content (AvgIpc) is 2.99. The van der Waals surface area contributed by atoms with Gasteiger partial charge in [0, 0.05) is 19.4 Å². The van der Waals surface area contributed by atoms with Crippen LogP contribution < -0.4 is 10.6 Å². The zero-order valence-electron chi connectivity index (χ0n) is 11.2. The van der Waals surface area contributed by atoms with Crippen molar-refractivity contribution in [1.29, 1.82) is 0 Å². The van der Waals surface area contributed by atoms with Crippen LogP contribution in [-0.4, -0.2) is 50.9 Å². The van der Waals surface area contributed by atoms with E-state index in [4.69, 9.17) is 4.74 Å². The second-order valence-corrected chi connectivity index (χ2v) is 3.64. The Labute approximate surface area is 115 Å². The molecule has 0 atom stereocenters. The number of carbonyl (C=O) groups is 1. The standard InChI is InChI=1S/C11H15N7O2/c1-3-20-8(19)7-13-10-15-9(12-2)16-11(17-10)18-6-4-5-14-18/h4-6H,3,7H2,1-2H3,(H2,12,13,15,16,17). The normalized spacial score (nSPS) is 10.1. The van der Waals surface area contributed by atoms with Gasteiger partial charge in [-0.3, -0.25) is 4.79 Å². The SMILES string of the molecule is CCOC(=O)CNc1nc(NC)nc(-n2cccn2)n1. The summed E-state index contributed by atoms with van der Waals surface area (Å²) in [6.45, 7) is 2.06. The second-order valence-electron chi connectivity index (χ2n) is 3.64. The Morgan fingerprint density at radius 2 is 2.15 bits per heavy atom. The first-order valence-electron chi connectivity index (χ1n) is 6.06. The third kappa shape index (κ3) is 3.40. The molecule has 9 nitrogen and oxygen atoms in total. The van der Waals surface area contributed by atoms with Gasteiger partial charge in [-0.05, 0) is 13.0 Å². The first-order valence-corrected chi connectivity index (χ1v) is 6.06. The zero-order chi connectivity index (χ0) is 14.4. The van der Waals surface area contributed by atoms with Gasteiger partial charge in [-0.1, -0.05) is 0 Å². The molecule has 0 bridgehead atoms. The Morgan fingerprint density at radius 1 is 1.35 bits per heavy atom. The van der Waals surface area contributed by atoms with E-state index in [1.165, 1.54) is 4.68 Å². The molecule has 0 unspecified atom stereocenters. The van der Waals surface area contributed by atoms with Crippen LogP contribution in [0.5, 0.6) is 0 Å². The minimum Gasteiger partial charge on any atom is -0.465 e. The Balaban J connectivity index is 2.16. The van der Waals surface area contributed by atoms with Crippen molar-refractivity contribution >= 4 is 17.9 Å². The second kappa shape index (κ2) is 6.45. The first kappa shape index (κ1) is 13.7. The number of ether oxygens (including phenoxy) is 1. The van der Waals surface area contributed by atoms with Crippen LogP contribution >= 0.6 is 0 Å². The van der Waals surface area contributed by atoms with Crippen LogP contribution in [0.4, 0.5) is 11.9 Å². The van der Waals surface area contributed by atoms with E-state index in [9.17, 15) is 4.79 Å². The Kier molecular flexibility index (Phi) is 4.43. The maximum atomic E-state index is 11.3. The molecule has 0 radical (unpaired) electrons. The van der Waals surface area contributed by atoms with Gasteiger partial charge >= 0.3 is 5.97 Å². The molecule has 9 heteroatoms. The van der Waals surface area contributed by atoms with Gasteiger partial charge in [-0.15, -0.1) is 0 Å². The van der Waals surface area contributed by atoms with Crippen LogP contribution in [0, 0.1) is 0 Å². The molecule has 0 aliphatic rings. The molecule has 20 heavy (non-hydrogen) atoms. The van der Waals surface area contributed by atoms with Gasteiger partial charge in [0.25, 0.3) is 5.95 Å². The van der Waals surface area contributed by atoms with E-state index in [-0.39, 0.29) is 18.5 Å². The van der Waals surface area contributed by atoms with E-state index >= 15 is 0 Å². The largest absolute Gasteiger partial charge is 0.465 e. The van der Waals surface area contributed by atoms with Crippen molar-refractivity contribution in [1.82, 2.24) is 24.7 Å². The maximum Gasteiger partial charge on any atom is 0.325 e. The summed E-state index contributed by atoms with van der Waals surface area (Å²) in [6, 6.07) is 1.76. The van der Waals surface area contributed by atoms with Crippen molar-refractivity contribution in [2.45, 2.75) is 6.92 Å². The van der Waals surface area contributed by atoms with E-state index < -0.39 is 0 Å². The molecule has 0 aromatic carbocycles. The van der Waals surface area contributed by atoms with Crippen molar-refractivity contribution in [2.24, 2.45) is 0 Å². The Morgan fingerprint density at radius 3 is 2.80 bits per heavy atom. The minimum atomic E-state index is -0.375. The lowest BCUT2D eigenvalue weighted by Crippen LogP contribution is -2.19. The molecule has 106 valence electrons. The fraction of sp³-hybridized carbons (Fsp3) is 0.364. The summed E-state index contributed by atoms with van der Waals surface area (Å²) in [5, 5.41) is 9.66. The summed E-state index contributed by atoms with van der Waals surface area (Å²) in [5.41, 5.74) is 0. The molecule has 0 saturated heterocycles. The average molecular weight is 277 g/mol. The van der Waals surface area contributed by atoms with Crippen molar-refractivity contribution in [3.05, 3.63) is 18.5 Å². The number of rotatable bonds is 6. The third-order valence-corrected chi connectivity index (χ3v) is 2.25. The number of aromatic nitrogens is 5. The summed E-state index contributed by atoms with van der Waals surface area (Å²) >= 11 is 0. The van der Waals surface area contributed by atoms with E-state index in [0.717, 1.165) is 0 Å². The smallest absolute Gasteiger partial charge is 0.325 e. The monoisotopic (exact) mass is 277 g/mol. The quantitative estimate of drug-likeness (QED) is 0.714. The van der Waals surface area contributed by atoms with Crippen molar-refractivity contribution in [2.75, 3.05) is 30.8 Å². The summed E-state index contributed by atoms with van der Waals surface area (Å²) in [7, 11) is 1.69. The lowest BCUT2D eigenvalue weighted by atomic mass is 10.6. The van der Waals surface area contributed by atoms with Crippen LogP contribution in [0.15, 0.2) is 18.5 Å². The molecule has 0 aliphatic heterocycles. The third-order valence-electron chi connectivity index (χ3n) is 2.25. The predicted octanol–water partition coefficient (Wildman–Crippen LogP) is 0.0740. The highest BCUT2D eigenvalue weighted by Crippen LogP contribution is 2.07. The molecule has 2 N–H and O–H groups in total. The molecule has 2 heterocycles. The summed E-state index contributed by atoms with van der Waals surface area (Å²) in [5.74, 6) is 0.611. The predicted molar refractivity (Wildman–Crippen MR) is 71.6 cm³/mol. The summed E-state index contributed by atoms with van der Waals surface area (Å²) in [4.78, 5) is 23.7. The minimum absolute atomic E-state index is 0.0143. The van der Waals surface area contributed by atoms with Gasteiger partial charge in [0.2, 0.25) is 11.9 Å². The Hall–Kier alpha value is -2.71. The van der Waals surface area contributed by atoms with E-state index in [1.807, 2.05) is 0 Å². The van der Waals surface area contributed by atoms with Gasteiger partial charge in [0.05, 0.1) is 6.61 Å². The molecule has 0 fully saturated rings. The topological polar surface area (TPSA) is 107 Å². The molecular weight excluding hydrogens is 262 g/mol. The molecule has 0 amide bonds. The van der Waals surface area contributed by atoms with Crippen LogP contribution in [0.1, 0.15) is 6.92 Å². The van der Waals surface area contributed by atoms with E-state index in [0.29, 0.717) is 18.5 Å². The van der Waals surface area contributed by atoms with Crippen LogP contribution in [-0.2, 0) is 9.53 Å². The highest BCUT2D eigenvalue weighted by molar-refractivity contribution is 5.74. The molecule has 2 aromatic rings. The number of anilines is 2. The van der Waals surface area contributed by atoms with E-state index in [2.05, 4.69) is 30.7 Å². The van der Waals surface area contributed by atoms with Crippen LogP contribution in [0.3, 0.4) is 0 Å². The van der Waals surface area contributed by atoms with Crippen LogP contribution in [0.2, 0.25) is 0 Å². The number of hydrogen-bond donors (Lipinski definition) is 2. The fourth-order valence-electron chi connectivity index (χ4n) is 1.41. The van der Waals surface area contributed by atoms with Crippen molar-refractivity contribution in [3.8, 4) is 5.95 Å². The van der Waals surface area contributed by atoms with Gasteiger partial charge < -0.3 is 15.4 Å². The highest BCUT2D eigenvalue weighted by atomic mass is 16.5. The summed E-state index contributed by atoms with van der Waals surface area (Å²) in [6.07, 6.45) is 3.33. The van der Waals surface area contributed by atoms with Gasteiger partial charge in [0.15, 0.2) is 0 Å². The number of carbonyl (C=O) groups excluding carboxylic acids is 1. The van der Waals surface area contributed by atoms with Crippen molar-refractivity contribution in [3.63, 3.8) is 0 Å². The first-order chi connectivity index (χ1) is 9.72. The maximum absolute atomic E-state index is 11.3. The number of esters is 1. The van der Waals surface area contributed by atoms with Gasteiger partial charge in [-0.2, -0.15) is 20.1 Å². The number of nitrogens with zero attached hydrogens (tertiary/aromatic N) is 5. The molecule has 0 spiro atoms. The fourth-order valence-corrected chi connectivity index (χ4v) is 1.41. The number of hydrogen-bond acceptors (Lipinski definition) is 8. The Bertz CT molecular complexity index is 570. The molecule has 2 aromatic heterocycles. The lowest BCUT2D eigenvalue weighted by Gasteiger charge is -2.08. The van der Waals surface area contributed by atoms with Gasteiger partial charge in [0.1, 0.15) is 6.54 Å². The highest BCUT2D eigenvalue weighted by Gasteiger charge is 2.09. The summed E-state index contributed by atoms with van der Waals surface area (Å²) < 4.78 is 6.31. The zero-order valence-corrected chi connectivity index (χ0v) is 11.2. The molecule has 0 saturated carbocycles.